The van der Waals surface area contributed by atoms with Crippen LogP contribution in [0.3, 0.4) is 0 Å². The van der Waals surface area contributed by atoms with Crippen LogP contribution in [0.2, 0.25) is 0 Å². The fraction of sp³-hybridized carbons (Fsp3) is 0.818. The van der Waals surface area contributed by atoms with Gasteiger partial charge in [-0.05, 0) is 139 Å². The maximum absolute atomic E-state index is 15.7. The minimum atomic E-state index is -5.17. The van der Waals surface area contributed by atoms with E-state index in [0.717, 1.165) is 30.6 Å². The fourth-order valence-electron chi connectivity index (χ4n) is 17.7. The minimum Gasteiger partial charge on any atom is -0.377 e. The molecule has 30 heteroatoms. The van der Waals surface area contributed by atoms with Crippen LogP contribution in [0.1, 0.15) is 196 Å². The van der Waals surface area contributed by atoms with Gasteiger partial charge in [-0.25, -0.2) is 8.78 Å². The Morgan fingerprint density at radius 1 is 0.636 bits per heavy atom. The zero-order valence-corrected chi connectivity index (χ0v) is 65.2. The number of carbonyl (C=O) groups is 12. The highest BCUT2D eigenvalue weighted by molar-refractivity contribution is 6.01. The largest absolute Gasteiger partial charge is 0.397 e. The van der Waals surface area contributed by atoms with Crippen LogP contribution >= 0.6 is 0 Å². The van der Waals surface area contributed by atoms with Gasteiger partial charge in [0.25, 0.3) is 0 Å². The molecule has 4 aliphatic carbocycles. The molecule has 12 amide bonds. The number of hydrogen-bond acceptors (Lipinski definition) is 13. The number of rotatable bonds is 13. The molecule has 4 heterocycles. The molecule has 8 rings (SSSR count). The van der Waals surface area contributed by atoms with Gasteiger partial charge in [0, 0.05) is 81.5 Å². The number of nitrogens with zero attached hydrogens (tertiary/aromatic N) is 9. The van der Waals surface area contributed by atoms with Crippen molar-refractivity contribution in [1.82, 2.24) is 60.0 Å². The van der Waals surface area contributed by atoms with Crippen LogP contribution in [0, 0.1) is 41.4 Å². The molecule has 107 heavy (non-hydrogen) atoms. The highest BCUT2D eigenvalue weighted by atomic mass is 19.4. The predicted molar refractivity (Wildman–Crippen MR) is 388 cm³/mol. The van der Waals surface area contributed by atoms with E-state index in [1.165, 1.54) is 76.6 Å². The van der Waals surface area contributed by atoms with Crippen molar-refractivity contribution in [3.05, 3.63) is 12.2 Å². The van der Waals surface area contributed by atoms with Gasteiger partial charge in [0.2, 0.25) is 70.9 Å². The lowest BCUT2D eigenvalue weighted by atomic mass is 9.74. The van der Waals surface area contributed by atoms with E-state index >= 15 is 42.3 Å². The van der Waals surface area contributed by atoms with Crippen molar-refractivity contribution in [3.8, 4) is 0 Å². The third-order valence-electron chi connectivity index (χ3n) is 24.7. The van der Waals surface area contributed by atoms with Gasteiger partial charge in [-0.2, -0.15) is 13.2 Å². The third kappa shape index (κ3) is 20.7. The van der Waals surface area contributed by atoms with Crippen molar-refractivity contribution >= 4 is 70.9 Å². The maximum atomic E-state index is 15.7. The molecule has 4 saturated carbocycles. The van der Waals surface area contributed by atoms with Gasteiger partial charge < -0.3 is 64.8 Å². The molecule has 602 valence electrons. The first kappa shape index (κ1) is 85.6. The number of amides is 12. The van der Waals surface area contributed by atoms with Crippen LogP contribution < -0.4 is 16.0 Å². The Morgan fingerprint density at radius 3 is 1.86 bits per heavy atom. The van der Waals surface area contributed by atoms with Crippen LogP contribution in [0.15, 0.2) is 12.2 Å². The van der Waals surface area contributed by atoms with Crippen molar-refractivity contribution in [2.45, 2.75) is 274 Å². The van der Waals surface area contributed by atoms with E-state index < -0.39 is 205 Å². The van der Waals surface area contributed by atoms with Crippen molar-refractivity contribution in [1.29, 1.82) is 0 Å². The molecule has 4 aliphatic heterocycles. The summed E-state index contributed by atoms with van der Waals surface area (Å²) in [5.41, 5.74) is -1.64. The van der Waals surface area contributed by atoms with E-state index in [1.807, 2.05) is 26.8 Å². The van der Waals surface area contributed by atoms with Crippen LogP contribution in [-0.4, -0.2) is 282 Å². The van der Waals surface area contributed by atoms with Crippen molar-refractivity contribution in [2.75, 3.05) is 88.2 Å². The van der Waals surface area contributed by atoms with Gasteiger partial charge in [-0.1, -0.05) is 91.7 Å². The Balaban J connectivity index is 1.20. The smallest absolute Gasteiger partial charge is 0.377 e. The number of hydrogen-bond donors (Lipinski definition) is 3. The van der Waals surface area contributed by atoms with Gasteiger partial charge in [-0.15, -0.1) is 0 Å². The topological polar surface area (TPSA) is 279 Å². The number of halogens is 5. The predicted octanol–water partition coefficient (Wildman–Crippen LogP) is 6.34. The highest BCUT2D eigenvalue weighted by Gasteiger charge is 2.56. The summed E-state index contributed by atoms with van der Waals surface area (Å²) in [4.78, 5) is 194. The Kier molecular flexibility index (Phi) is 30.1. The van der Waals surface area contributed by atoms with E-state index in [2.05, 4.69) is 22.9 Å². The standard InChI is InChI=1S/C77H121F5N12O13/c1-13-48(6)65-73(104)87(8)45-63(97)88(9)56-25-16-15-19-36-93(72(56)103)60(40-49-28-26-47(5)27-29-49)70(101)86(7)44-61(95)83-55(31-30-50-38-53(78)64(54(79)39-50)77(80,81)82)69(100)94-43-52(107-14-2)41-58(94)68(99)85-76(32-22-33-76)75(106)91(12)66(51-23-17-18-24-51)74(105)90(11)59(71(102)92-34-20-21-35-92)42-62(96)89(10)57(37-46(3)4)67(98)84-65/h15-16,46-60,64-66H,13-14,17-45H2,1-12H3,(H,83,95)(H,84,98)(H,85,99)/b16-15-/t47?,48-,49?,50?,52+,53?,54?,55-,56-,57-,58-,59-,60-,64?,65-,66-/m0/s1. The zero-order chi connectivity index (χ0) is 78.7. The van der Waals surface area contributed by atoms with Crippen molar-refractivity contribution in [2.24, 2.45) is 41.4 Å². The van der Waals surface area contributed by atoms with E-state index in [1.54, 1.807) is 24.8 Å². The van der Waals surface area contributed by atoms with E-state index in [9.17, 15) is 37.1 Å². The molecule has 2 unspecified atom stereocenters. The molecule has 12 atom stereocenters. The maximum Gasteiger partial charge on any atom is 0.397 e. The SMILES string of the molecule is CCO[C@@H]1C[C@H]2C(=O)NC3(CCC3)C(=O)N(C)[C@@H](C3CCCC3)C(=O)N(C)[C@H](C(=O)N3CCCC3)CC(=O)N(C)[C@@H](CC(C)C)C(=O)N[C@@H]([C@@H](C)CC)C(=O)N(C)CC(=O)N(C)[C@H]3C/C=C\CCN(C3=O)[C@@H](CC3CCC(C)CC3)C(=O)N(C)CC(=O)N[C@@H](CCC3CC(F)C(C(F)(F)F)C(F)C3)C(=O)N2C1. The molecule has 0 aromatic rings. The van der Waals surface area contributed by atoms with Crippen LogP contribution in [0.4, 0.5) is 22.0 Å². The van der Waals surface area contributed by atoms with E-state index in [0.29, 0.717) is 76.8 Å². The molecule has 0 aromatic carbocycles. The second-order valence-corrected chi connectivity index (χ2v) is 32.8. The second-order valence-electron chi connectivity index (χ2n) is 32.8. The molecule has 0 radical (unpaired) electrons. The van der Waals surface area contributed by atoms with Gasteiger partial charge >= 0.3 is 6.18 Å². The molecule has 3 N–H and O–H groups in total. The van der Waals surface area contributed by atoms with Crippen LogP contribution in [-0.2, 0) is 62.3 Å². The van der Waals surface area contributed by atoms with Crippen molar-refractivity contribution < 1.29 is 84.2 Å². The first-order valence-electron chi connectivity index (χ1n) is 39.5. The number of fused-ring (bicyclic) bond motifs is 3. The third-order valence-corrected chi connectivity index (χ3v) is 24.7. The number of ether oxygens (including phenoxy) is 1. The van der Waals surface area contributed by atoms with E-state index in [-0.39, 0.29) is 82.9 Å². The molecule has 3 saturated heterocycles. The lowest BCUT2D eigenvalue weighted by Crippen LogP contribution is -2.68. The summed E-state index contributed by atoms with van der Waals surface area (Å²) >= 11 is 0. The molecule has 8 aliphatic rings. The van der Waals surface area contributed by atoms with Crippen LogP contribution in [0.25, 0.3) is 0 Å². The number of likely N-dealkylation sites (tertiary alicyclic amines) is 1. The summed E-state index contributed by atoms with van der Waals surface area (Å²) in [6.07, 6.45) is -1.68. The summed E-state index contributed by atoms with van der Waals surface area (Å²) in [5, 5.41) is 8.65. The molecule has 2 bridgehead atoms. The lowest BCUT2D eigenvalue weighted by Gasteiger charge is -2.46. The first-order chi connectivity index (χ1) is 50.5. The average Bonchev–Trinajstić information content (AvgIpc) is 1.72. The average molecular weight is 1520 g/mol. The number of alkyl halides is 5. The van der Waals surface area contributed by atoms with Gasteiger partial charge in [0.1, 0.15) is 72.1 Å². The number of likely N-dealkylation sites (N-methyl/N-ethyl adjacent to an activating group) is 6. The Bertz CT molecular complexity index is 3180. The van der Waals surface area contributed by atoms with E-state index in [4.69, 9.17) is 4.74 Å². The molecular weight excluding hydrogens is 1400 g/mol. The Labute approximate surface area is 628 Å². The summed E-state index contributed by atoms with van der Waals surface area (Å²) in [6.45, 7) is 10.5. The minimum absolute atomic E-state index is 0.0173. The summed E-state index contributed by atoms with van der Waals surface area (Å²) in [7, 11) is 8.51. The van der Waals surface area contributed by atoms with Gasteiger partial charge in [0.15, 0.2) is 0 Å². The fourth-order valence-corrected chi connectivity index (χ4v) is 17.7. The normalized spacial score (nSPS) is 32.8. The summed E-state index contributed by atoms with van der Waals surface area (Å²) in [5.74, 6) is -12.9. The molecule has 7 fully saturated rings. The zero-order valence-electron chi connectivity index (χ0n) is 65.2. The Hall–Kier alpha value is -7.01. The highest BCUT2D eigenvalue weighted by Crippen LogP contribution is 2.45. The Morgan fingerprint density at radius 2 is 1.27 bits per heavy atom. The first-order valence-corrected chi connectivity index (χ1v) is 39.5. The monoisotopic (exact) mass is 1520 g/mol. The molecule has 0 aromatic heterocycles. The second kappa shape index (κ2) is 37.6. The quantitative estimate of drug-likeness (QED) is 0.134. The van der Waals surface area contributed by atoms with Gasteiger partial charge in [0.05, 0.1) is 25.6 Å². The lowest BCUT2D eigenvalue weighted by molar-refractivity contribution is -0.219. The summed E-state index contributed by atoms with van der Waals surface area (Å²) < 4.78 is 79.0. The van der Waals surface area contributed by atoms with Gasteiger partial charge in [-0.3, -0.25) is 57.5 Å². The molecule has 1 spiro atoms. The van der Waals surface area contributed by atoms with Crippen molar-refractivity contribution in [3.63, 3.8) is 0 Å². The molecular formula is C77H121F5N12O13. The molecule has 25 nitrogen and oxygen atoms in total. The number of nitrogens with one attached hydrogen (secondary N) is 3. The number of carbonyl (C=O) groups excluding carboxylic acids is 12. The summed E-state index contributed by atoms with van der Waals surface area (Å²) in [6, 6.07) is -10.5. The van der Waals surface area contributed by atoms with Crippen LogP contribution in [0.5, 0.6) is 0 Å².